The third-order valence-electron chi connectivity index (χ3n) is 5.36. The van der Waals surface area contributed by atoms with E-state index in [4.69, 9.17) is 4.74 Å². The zero-order valence-electron chi connectivity index (χ0n) is 17.2. The maximum absolute atomic E-state index is 13.2. The molecule has 4 aromatic rings. The summed E-state index contributed by atoms with van der Waals surface area (Å²) in [7, 11) is 1.55. The average molecular weight is 463 g/mol. The number of fused-ring (bicyclic) bond motifs is 1. The van der Waals surface area contributed by atoms with Crippen LogP contribution < -0.4 is 9.64 Å². The molecule has 0 aliphatic carbocycles. The second kappa shape index (κ2) is 7.89. The van der Waals surface area contributed by atoms with Gasteiger partial charge >= 0.3 is 5.91 Å². The van der Waals surface area contributed by atoms with Gasteiger partial charge < -0.3 is 9.84 Å². The number of rotatable bonds is 4. The van der Waals surface area contributed by atoms with Crippen molar-refractivity contribution in [3.8, 4) is 5.75 Å². The maximum Gasteiger partial charge on any atom is 0.301 e. The number of nitrogens with zero attached hydrogens (tertiary/aromatic N) is 2. The maximum atomic E-state index is 13.2. The first-order valence-corrected chi connectivity index (χ1v) is 11.5. The van der Waals surface area contributed by atoms with Crippen LogP contribution in [0.5, 0.6) is 5.75 Å². The third kappa shape index (κ3) is 3.28. The molecule has 0 radical (unpaired) electrons. The minimum atomic E-state index is -0.751. The Labute approximate surface area is 192 Å². The zero-order chi connectivity index (χ0) is 22.4. The third-order valence-corrected chi connectivity index (χ3v) is 7.30. The number of anilines is 1. The highest BCUT2D eigenvalue weighted by Crippen LogP contribution is 2.45. The SMILES string of the molecule is COc1ccc(/C(O)=C2\C(=O)C(=O)N(c3nc4ccc(C)cc4s3)C2c2cccs2)cc1. The highest BCUT2D eigenvalue weighted by Gasteiger charge is 2.48. The van der Waals surface area contributed by atoms with E-state index in [-0.39, 0.29) is 11.3 Å². The molecular weight excluding hydrogens is 444 g/mol. The Morgan fingerprint density at radius 2 is 1.91 bits per heavy atom. The van der Waals surface area contributed by atoms with Gasteiger partial charge in [0.1, 0.15) is 17.6 Å². The standard InChI is InChI=1S/C24H18N2O4S2/c1-13-5-10-16-18(12-13)32-24(25-16)26-20(17-4-3-11-31-17)19(22(28)23(26)29)21(27)14-6-8-15(30-2)9-7-14/h3-12,20,27H,1-2H3/b21-19+. The van der Waals surface area contributed by atoms with Gasteiger partial charge in [-0.2, -0.15) is 0 Å². The van der Waals surface area contributed by atoms with Crippen LogP contribution in [0, 0.1) is 6.92 Å². The number of methoxy groups -OCH3 is 1. The van der Waals surface area contributed by atoms with E-state index >= 15 is 0 Å². The van der Waals surface area contributed by atoms with E-state index in [0.717, 1.165) is 20.7 Å². The number of Topliss-reactive ketones (excluding diaryl/α,β-unsaturated/α-hetero) is 1. The summed E-state index contributed by atoms with van der Waals surface area (Å²) in [5.74, 6) is -1.02. The molecule has 1 aliphatic rings. The van der Waals surface area contributed by atoms with E-state index in [1.54, 1.807) is 31.4 Å². The fourth-order valence-corrected chi connectivity index (χ4v) is 5.69. The molecule has 32 heavy (non-hydrogen) atoms. The largest absolute Gasteiger partial charge is 0.507 e. The molecule has 160 valence electrons. The summed E-state index contributed by atoms with van der Waals surface area (Å²) in [6.07, 6.45) is 0. The molecule has 1 amide bonds. The van der Waals surface area contributed by atoms with E-state index in [2.05, 4.69) is 4.98 Å². The average Bonchev–Trinajstić information content (AvgIpc) is 3.52. The van der Waals surface area contributed by atoms with Crippen LogP contribution in [0.2, 0.25) is 0 Å². The lowest BCUT2D eigenvalue weighted by Gasteiger charge is -2.21. The number of amides is 1. The molecule has 2 aromatic carbocycles. The fourth-order valence-electron chi connectivity index (χ4n) is 3.77. The van der Waals surface area contributed by atoms with E-state index in [1.165, 1.54) is 27.6 Å². The lowest BCUT2D eigenvalue weighted by molar-refractivity contribution is -0.132. The summed E-state index contributed by atoms with van der Waals surface area (Å²) in [5, 5.41) is 13.4. The van der Waals surface area contributed by atoms with Crippen molar-refractivity contribution in [3.05, 3.63) is 81.6 Å². The molecule has 3 heterocycles. The Balaban J connectivity index is 1.68. The van der Waals surface area contributed by atoms with Gasteiger partial charge in [-0.3, -0.25) is 14.5 Å². The number of benzene rings is 2. The molecule has 1 unspecified atom stereocenters. The Hall–Kier alpha value is -3.49. The van der Waals surface area contributed by atoms with Crippen molar-refractivity contribution in [2.45, 2.75) is 13.0 Å². The van der Waals surface area contributed by atoms with Gasteiger partial charge in [0, 0.05) is 10.4 Å². The number of aryl methyl sites for hydroxylation is 1. The highest BCUT2D eigenvalue weighted by molar-refractivity contribution is 7.22. The van der Waals surface area contributed by atoms with Crippen LogP contribution in [0.15, 0.2) is 65.6 Å². The van der Waals surface area contributed by atoms with Crippen molar-refractivity contribution in [3.63, 3.8) is 0 Å². The number of thiophene rings is 1. The smallest absolute Gasteiger partial charge is 0.301 e. The van der Waals surface area contributed by atoms with E-state index < -0.39 is 17.7 Å². The number of aliphatic hydroxyl groups excluding tert-OH is 1. The van der Waals surface area contributed by atoms with Gasteiger partial charge in [-0.05, 0) is 60.3 Å². The number of hydrogen-bond donors (Lipinski definition) is 1. The quantitative estimate of drug-likeness (QED) is 0.253. The molecule has 5 rings (SSSR count). The van der Waals surface area contributed by atoms with Gasteiger partial charge in [-0.25, -0.2) is 4.98 Å². The number of aromatic nitrogens is 1. The Kier molecular flexibility index (Phi) is 5.03. The van der Waals surface area contributed by atoms with Gasteiger partial charge in [0.15, 0.2) is 5.13 Å². The minimum Gasteiger partial charge on any atom is -0.507 e. The molecule has 1 fully saturated rings. The van der Waals surface area contributed by atoms with E-state index in [9.17, 15) is 14.7 Å². The first-order chi connectivity index (χ1) is 15.5. The van der Waals surface area contributed by atoms with Crippen molar-refractivity contribution in [2.24, 2.45) is 0 Å². The summed E-state index contributed by atoms with van der Waals surface area (Å²) in [6, 6.07) is 15.5. The monoisotopic (exact) mass is 462 g/mol. The molecule has 1 atom stereocenters. The number of carbonyl (C=O) groups excluding carboxylic acids is 2. The molecule has 1 N–H and O–H groups in total. The Bertz CT molecular complexity index is 1370. The van der Waals surface area contributed by atoms with Gasteiger partial charge in [0.25, 0.3) is 5.78 Å². The van der Waals surface area contributed by atoms with Crippen LogP contribution in [-0.2, 0) is 9.59 Å². The molecule has 2 aromatic heterocycles. The first kappa shape index (κ1) is 20.4. The number of hydrogen-bond acceptors (Lipinski definition) is 7. The lowest BCUT2D eigenvalue weighted by atomic mass is 10.00. The number of carbonyl (C=O) groups is 2. The van der Waals surface area contributed by atoms with Crippen LogP contribution in [0.1, 0.15) is 22.0 Å². The fraction of sp³-hybridized carbons (Fsp3) is 0.125. The Morgan fingerprint density at radius 3 is 2.59 bits per heavy atom. The molecule has 1 aliphatic heterocycles. The van der Waals surface area contributed by atoms with Gasteiger partial charge in [-0.15, -0.1) is 11.3 Å². The first-order valence-electron chi connectivity index (χ1n) is 9.84. The van der Waals surface area contributed by atoms with Crippen molar-refractivity contribution < 1.29 is 19.4 Å². The summed E-state index contributed by atoms with van der Waals surface area (Å²) in [4.78, 5) is 33.1. The molecule has 6 nitrogen and oxygen atoms in total. The Morgan fingerprint density at radius 1 is 1.12 bits per heavy atom. The van der Waals surface area contributed by atoms with E-state index in [1.807, 2.05) is 42.6 Å². The number of aliphatic hydroxyl groups is 1. The summed E-state index contributed by atoms with van der Waals surface area (Å²) < 4.78 is 6.10. The summed E-state index contributed by atoms with van der Waals surface area (Å²) in [5.41, 5.74) is 2.34. The van der Waals surface area contributed by atoms with Crippen LogP contribution >= 0.6 is 22.7 Å². The van der Waals surface area contributed by atoms with E-state index in [0.29, 0.717) is 16.4 Å². The molecule has 0 bridgehead atoms. The van der Waals surface area contributed by atoms with Crippen molar-refractivity contribution >= 4 is 55.5 Å². The number of ether oxygens (including phenoxy) is 1. The van der Waals surface area contributed by atoms with Crippen LogP contribution in [-0.4, -0.2) is 28.9 Å². The van der Waals surface area contributed by atoms with Crippen molar-refractivity contribution in [1.29, 1.82) is 0 Å². The topological polar surface area (TPSA) is 79.7 Å². The van der Waals surface area contributed by atoms with Crippen LogP contribution in [0.3, 0.4) is 0 Å². The van der Waals surface area contributed by atoms with Crippen LogP contribution in [0.4, 0.5) is 5.13 Å². The summed E-state index contributed by atoms with van der Waals surface area (Å²) in [6.45, 7) is 1.99. The molecule has 1 saturated heterocycles. The molecule has 0 saturated carbocycles. The number of ketones is 1. The zero-order valence-corrected chi connectivity index (χ0v) is 18.9. The number of thiazole rings is 1. The second-order valence-electron chi connectivity index (χ2n) is 7.38. The van der Waals surface area contributed by atoms with Crippen molar-refractivity contribution in [2.75, 3.05) is 12.0 Å². The molecule has 0 spiro atoms. The summed E-state index contributed by atoms with van der Waals surface area (Å²) >= 11 is 2.78. The normalized spacial score (nSPS) is 17.9. The molecular formula is C24H18N2O4S2. The van der Waals surface area contributed by atoms with Gasteiger partial charge in [-0.1, -0.05) is 23.5 Å². The van der Waals surface area contributed by atoms with Gasteiger partial charge in [0.2, 0.25) is 0 Å². The predicted molar refractivity (Wildman–Crippen MR) is 126 cm³/mol. The molecule has 8 heteroatoms. The van der Waals surface area contributed by atoms with Gasteiger partial charge in [0.05, 0.1) is 22.9 Å². The minimum absolute atomic E-state index is 0.0538. The predicted octanol–water partition coefficient (Wildman–Crippen LogP) is 5.30. The highest BCUT2D eigenvalue weighted by atomic mass is 32.1. The lowest BCUT2D eigenvalue weighted by Crippen LogP contribution is -2.28. The second-order valence-corrected chi connectivity index (χ2v) is 9.37. The van der Waals surface area contributed by atoms with Crippen molar-refractivity contribution in [1.82, 2.24) is 4.98 Å². The van der Waals surface area contributed by atoms with Crippen LogP contribution in [0.25, 0.3) is 16.0 Å².